The number of methoxy groups -OCH3 is 2. The van der Waals surface area contributed by atoms with Gasteiger partial charge in [0, 0.05) is 19.3 Å². The zero-order valence-corrected chi connectivity index (χ0v) is 17.4. The van der Waals surface area contributed by atoms with E-state index in [1.54, 1.807) is 20.4 Å². The van der Waals surface area contributed by atoms with E-state index in [9.17, 15) is 4.79 Å². The minimum atomic E-state index is -0.321. The maximum absolute atomic E-state index is 11.6. The van der Waals surface area contributed by atoms with Crippen molar-refractivity contribution in [3.05, 3.63) is 40.7 Å². The smallest absolute Gasteiger partial charge is 0.225 e. The lowest BCUT2D eigenvalue weighted by molar-refractivity contribution is -0.0769. The first-order valence-corrected chi connectivity index (χ1v) is 9.96. The second-order valence-corrected chi connectivity index (χ2v) is 7.67. The van der Waals surface area contributed by atoms with Gasteiger partial charge in [-0.05, 0) is 56.4 Å². The van der Waals surface area contributed by atoms with E-state index in [4.69, 9.17) is 14.2 Å². The van der Waals surface area contributed by atoms with Crippen LogP contribution in [-0.4, -0.2) is 49.7 Å². The monoisotopic (exact) mass is 397 g/mol. The third-order valence-electron chi connectivity index (χ3n) is 6.05. The Bertz CT molecular complexity index is 936. The number of fused-ring (bicyclic) bond motifs is 2. The molecule has 2 aliphatic rings. The first-order valence-electron chi connectivity index (χ1n) is 9.96. The summed E-state index contributed by atoms with van der Waals surface area (Å²) in [5, 5.41) is 0. The van der Waals surface area contributed by atoms with Crippen molar-refractivity contribution in [3.63, 3.8) is 0 Å². The zero-order chi connectivity index (χ0) is 20.6. The lowest BCUT2D eigenvalue weighted by atomic mass is 9.79. The van der Waals surface area contributed by atoms with Crippen LogP contribution >= 0.6 is 0 Å². The van der Waals surface area contributed by atoms with Gasteiger partial charge in [0.1, 0.15) is 0 Å². The van der Waals surface area contributed by atoms with E-state index in [2.05, 4.69) is 27.0 Å². The van der Waals surface area contributed by atoms with Crippen molar-refractivity contribution in [2.45, 2.75) is 38.7 Å². The Morgan fingerprint density at radius 3 is 2.48 bits per heavy atom. The van der Waals surface area contributed by atoms with Gasteiger partial charge in [0.25, 0.3) is 0 Å². The third-order valence-corrected chi connectivity index (χ3v) is 6.05. The fourth-order valence-corrected chi connectivity index (χ4v) is 4.42. The number of hydrogen-bond acceptors (Lipinski definition) is 7. The summed E-state index contributed by atoms with van der Waals surface area (Å²) < 4.78 is 17.4. The number of ketones is 1. The maximum atomic E-state index is 11.6. The van der Waals surface area contributed by atoms with Crippen molar-refractivity contribution >= 4 is 11.7 Å². The molecule has 0 bridgehead atoms. The molecule has 29 heavy (non-hydrogen) atoms. The summed E-state index contributed by atoms with van der Waals surface area (Å²) in [7, 11) is 3.32. The van der Waals surface area contributed by atoms with Crippen molar-refractivity contribution < 1.29 is 19.0 Å². The van der Waals surface area contributed by atoms with E-state index in [-0.39, 0.29) is 11.4 Å². The van der Waals surface area contributed by atoms with Crippen LogP contribution in [0.4, 0.5) is 5.95 Å². The lowest BCUT2D eigenvalue weighted by Gasteiger charge is -2.45. The molecule has 2 aromatic rings. The quantitative estimate of drug-likeness (QED) is 0.734. The first kappa shape index (κ1) is 19.6. The molecule has 3 heterocycles. The van der Waals surface area contributed by atoms with Crippen LogP contribution in [-0.2, 0) is 16.8 Å². The summed E-state index contributed by atoms with van der Waals surface area (Å²) in [6.07, 6.45) is 4.18. The fourth-order valence-electron chi connectivity index (χ4n) is 4.42. The fraction of sp³-hybridized carbons (Fsp3) is 0.500. The molecule has 2 aliphatic heterocycles. The Kier molecular flexibility index (Phi) is 5.17. The van der Waals surface area contributed by atoms with E-state index in [0.717, 1.165) is 49.5 Å². The zero-order valence-electron chi connectivity index (χ0n) is 17.4. The number of aryl methyl sites for hydroxylation is 1. The van der Waals surface area contributed by atoms with Crippen LogP contribution in [0.3, 0.4) is 0 Å². The van der Waals surface area contributed by atoms with Crippen LogP contribution in [0.15, 0.2) is 18.3 Å². The second-order valence-electron chi connectivity index (χ2n) is 7.67. The molecule has 7 heteroatoms. The highest BCUT2D eigenvalue weighted by atomic mass is 16.5. The van der Waals surface area contributed by atoms with E-state index >= 15 is 0 Å². The van der Waals surface area contributed by atoms with Gasteiger partial charge in [0.2, 0.25) is 5.95 Å². The average Bonchev–Trinajstić information content (AvgIpc) is 2.73. The Hall–Kier alpha value is -2.67. The number of anilines is 1. The predicted molar refractivity (Wildman–Crippen MR) is 109 cm³/mol. The van der Waals surface area contributed by atoms with Crippen molar-refractivity contribution in [1.29, 1.82) is 0 Å². The Morgan fingerprint density at radius 1 is 1.17 bits per heavy atom. The van der Waals surface area contributed by atoms with E-state index < -0.39 is 0 Å². The van der Waals surface area contributed by atoms with Crippen LogP contribution in [0.2, 0.25) is 0 Å². The highest BCUT2D eigenvalue weighted by Gasteiger charge is 2.42. The molecule has 7 nitrogen and oxygen atoms in total. The number of Topliss-reactive ketones (excluding diaryl/α,β-unsaturated/α-hetero) is 1. The van der Waals surface area contributed by atoms with Gasteiger partial charge in [-0.15, -0.1) is 0 Å². The van der Waals surface area contributed by atoms with Crippen LogP contribution < -0.4 is 14.4 Å². The summed E-state index contributed by atoms with van der Waals surface area (Å²) in [5.41, 5.74) is 3.44. The van der Waals surface area contributed by atoms with Gasteiger partial charge >= 0.3 is 0 Å². The minimum absolute atomic E-state index is 0.0109. The minimum Gasteiger partial charge on any atom is -0.493 e. The number of benzene rings is 1. The van der Waals surface area contributed by atoms with Crippen molar-refractivity contribution in [2.24, 2.45) is 0 Å². The Labute approximate surface area is 171 Å². The molecule has 1 spiro atoms. The summed E-state index contributed by atoms with van der Waals surface area (Å²) in [5.74, 6) is 2.15. The predicted octanol–water partition coefficient (Wildman–Crippen LogP) is 3.07. The number of rotatable bonds is 4. The molecule has 0 N–H and O–H groups in total. The molecule has 4 rings (SSSR count). The van der Waals surface area contributed by atoms with Crippen LogP contribution in [0.25, 0.3) is 0 Å². The van der Waals surface area contributed by atoms with Gasteiger partial charge in [-0.2, -0.15) is 0 Å². The molecule has 0 unspecified atom stereocenters. The topological polar surface area (TPSA) is 73.8 Å². The molecule has 0 atom stereocenters. The molecule has 0 aliphatic carbocycles. The molecule has 1 aromatic heterocycles. The Balaban J connectivity index is 1.58. The van der Waals surface area contributed by atoms with Gasteiger partial charge < -0.3 is 19.1 Å². The molecule has 1 saturated heterocycles. The molecule has 0 radical (unpaired) electrons. The third kappa shape index (κ3) is 3.44. The SMILES string of the molecule is COc1cc2c(cc1OC)C1(CCN(c3ncc(C(C)=O)c(C)n3)CC1)OCC2. The highest BCUT2D eigenvalue weighted by Crippen LogP contribution is 2.45. The number of carbonyl (C=O) groups excluding carboxylic acids is 1. The van der Waals surface area contributed by atoms with Gasteiger partial charge in [-0.3, -0.25) is 4.79 Å². The number of piperidine rings is 1. The van der Waals surface area contributed by atoms with Crippen LogP contribution in [0.5, 0.6) is 11.5 Å². The van der Waals surface area contributed by atoms with Crippen molar-refractivity contribution in [1.82, 2.24) is 9.97 Å². The van der Waals surface area contributed by atoms with Gasteiger partial charge in [0.15, 0.2) is 17.3 Å². The number of carbonyl (C=O) groups is 1. The van der Waals surface area contributed by atoms with Crippen LogP contribution in [0, 0.1) is 6.92 Å². The molecule has 1 fully saturated rings. The van der Waals surface area contributed by atoms with Gasteiger partial charge in [-0.25, -0.2) is 9.97 Å². The van der Waals surface area contributed by atoms with E-state index in [0.29, 0.717) is 18.1 Å². The van der Waals surface area contributed by atoms with Crippen molar-refractivity contribution in [3.8, 4) is 11.5 Å². The first-order chi connectivity index (χ1) is 14.0. The molecule has 0 amide bonds. The summed E-state index contributed by atoms with van der Waals surface area (Å²) in [6, 6.07) is 4.16. The normalized spacial score (nSPS) is 17.7. The van der Waals surface area contributed by atoms with E-state index in [1.165, 1.54) is 18.1 Å². The average molecular weight is 397 g/mol. The van der Waals surface area contributed by atoms with Gasteiger partial charge in [0.05, 0.1) is 37.7 Å². The van der Waals surface area contributed by atoms with E-state index in [1.807, 2.05) is 6.92 Å². The number of nitrogens with zero attached hydrogens (tertiary/aromatic N) is 3. The summed E-state index contributed by atoms with van der Waals surface area (Å²) in [4.78, 5) is 22.8. The second kappa shape index (κ2) is 7.63. The largest absolute Gasteiger partial charge is 0.493 e. The number of ether oxygens (including phenoxy) is 3. The Morgan fingerprint density at radius 2 is 1.86 bits per heavy atom. The lowest BCUT2D eigenvalue weighted by Crippen LogP contribution is -2.47. The number of hydrogen-bond donors (Lipinski definition) is 0. The summed E-state index contributed by atoms with van der Waals surface area (Å²) in [6.45, 7) is 5.66. The van der Waals surface area contributed by atoms with Crippen LogP contribution in [0.1, 0.15) is 46.9 Å². The highest BCUT2D eigenvalue weighted by molar-refractivity contribution is 5.94. The molecule has 1 aromatic carbocycles. The molecule has 154 valence electrons. The summed E-state index contributed by atoms with van der Waals surface area (Å²) >= 11 is 0. The standard InChI is InChI=1S/C22H27N3O4/c1-14-17(15(2)26)13-23-21(24-14)25-8-6-22(7-9-25)18-12-20(28-4)19(27-3)11-16(18)5-10-29-22/h11-13H,5-10H2,1-4H3. The molecular formula is C22H27N3O4. The van der Waals surface area contributed by atoms with Gasteiger partial charge in [-0.1, -0.05) is 0 Å². The van der Waals surface area contributed by atoms with Crippen molar-refractivity contribution in [2.75, 3.05) is 38.8 Å². The molecule has 0 saturated carbocycles. The number of aromatic nitrogens is 2. The maximum Gasteiger partial charge on any atom is 0.225 e. The molecular weight excluding hydrogens is 370 g/mol.